The molecule has 0 spiro atoms. The summed E-state index contributed by atoms with van der Waals surface area (Å²) < 4.78 is 2.72. The molecule has 1 aromatic carbocycles. The maximum atomic E-state index is 11.6. The molecule has 1 N–H and O–H groups in total. The van der Waals surface area contributed by atoms with Crippen LogP contribution in [0.2, 0.25) is 0 Å². The Bertz CT molecular complexity index is 623. The van der Waals surface area contributed by atoms with Gasteiger partial charge in [-0.25, -0.2) is 0 Å². The number of benzene rings is 1. The Kier molecular flexibility index (Phi) is 5.17. The van der Waals surface area contributed by atoms with E-state index in [9.17, 15) is 9.90 Å². The maximum Gasteiger partial charge on any atom is 0.307 e. The number of halogens is 1. The normalized spacial score (nSPS) is 12.3. The molecule has 0 aliphatic rings. The number of aryl methyl sites for hydroxylation is 2. The highest BCUT2D eigenvalue weighted by Gasteiger charge is 2.23. The first-order chi connectivity index (χ1) is 10.0. The van der Waals surface area contributed by atoms with E-state index in [0.717, 1.165) is 27.8 Å². The molecule has 1 aromatic heterocycles. The lowest BCUT2D eigenvalue weighted by Crippen LogP contribution is -2.20. The molecule has 0 amide bonds. The number of aromatic nitrogens is 2. The van der Waals surface area contributed by atoms with Gasteiger partial charge in [0.2, 0.25) is 0 Å². The highest BCUT2D eigenvalue weighted by Crippen LogP contribution is 2.25. The second-order valence-electron chi connectivity index (χ2n) is 5.11. The first-order valence-electron chi connectivity index (χ1n) is 6.99. The van der Waals surface area contributed by atoms with Crippen LogP contribution in [-0.2, 0) is 31.1 Å². The van der Waals surface area contributed by atoms with Crippen molar-refractivity contribution in [3.05, 3.63) is 51.8 Å². The molecule has 0 aliphatic carbocycles. The van der Waals surface area contributed by atoms with Gasteiger partial charge in [-0.2, -0.15) is 5.10 Å². The van der Waals surface area contributed by atoms with Gasteiger partial charge in [-0.1, -0.05) is 37.3 Å². The molecule has 0 saturated heterocycles. The SMILES string of the molecule is CCc1nn(C)c(CC(Cc2ccccc2)C(=O)O)c1Br. The fraction of sp³-hybridized carbons (Fsp3) is 0.375. The van der Waals surface area contributed by atoms with Crippen molar-refractivity contribution in [2.24, 2.45) is 13.0 Å². The monoisotopic (exact) mass is 350 g/mol. The Morgan fingerprint density at radius 2 is 2.00 bits per heavy atom. The van der Waals surface area contributed by atoms with Crippen molar-refractivity contribution in [1.29, 1.82) is 0 Å². The van der Waals surface area contributed by atoms with Gasteiger partial charge in [-0.3, -0.25) is 9.48 Å². The van der Waals surface area contributed by atoms with Gasteiger partial charge < -0.3 is 5.11 Å². The molecule has 21 heavy (non-hydrogen) atoms. The van der Waals surface area contributed by atoms with Gasteiger partial charge in [0, 0.05) is 13.5 Å². The summed E-state index contributed by atoms with van der Waals surface area (Å²) in [5.41, 5.74) is 2.95. The predicted molar refractivity (Wildman–Crippen MR) is 85.3 cm³/mol. The number of aliphatic carboxylic acids is 1. The maximum absolute atomic E-state index is 11.6. The standard InChI is InChI=1S/C16H19BrN2O2/c1-3-13-15(17)14(19(2)18-13)10-12(16(20)21)9-11-7-5-4-6-8-11/h4-8,12H,3,9-10H2,1-2H3,(H,20,21). The zero-order valence-electron chi connectivity index (χ0n) is 12.2. The van der Waals surface area contributed by atoms with Crippen LogP contribution in [-0.4, -0.2) is 20.9 Å². The van der Waals surface area contributed by atoms with Gasteiger partial charge in [-0.05, 0) is 34.3 Å². The Morgan fingerprint density at radius 3 is 2.52 bits per heavy atom. The van der Waals surface area contributed by atoms with Crippen LogP contribution in [0.15, 0.2) is 34.8 Å². The molecule has 1 heterocycles. The molecule has 4 nitrogen and oxygen atoms in total. The molecule has 1 atom stereocenters. The Hall–Kier alpha value is -1.62. The van der Waals surface area contributed by atoms with Crippen LogP contribution in [0.3, 0.4) is 0 Å². The molecular formula is C16H19BrN2O2. The van der Waals surface area contributed by atoms with Crippen molar-refractivity contribution in [2.45, 2.75) is 26.2 Å². The topological polar surface area (TPSA) is 55.1 Å². The van der Waals surface area contributed by atoms with E-state index in [1.54, 1.807) is 4.68 Å². The Balaban J connectivity index is 2.21. The third kappa shape index (κ3) is 3.73. The molecule has 0 radical (unpaired) electrons. The molecule has 2 rings (SSSR count). The van der Waals surface area contributed by atoms with Crippen molar-refractivity contribution in [3.63, 3.8) is 0 Å². The minimum absolute atomic E-state index is 0.455. The summed E-state index contributed by atoms with van der Waals surface area (Å²) in [7, 11) is 1.86. The third-order valence-corrected chi connectivity index (χ3v) is 4.53. The minimum atomic E-state index is -0.773. The summed E-state index contributed by atoms with van der Waals surface area (Å²) in [6.07, 6.45) is 1.81. The third-order valence-electron chi connectivity index (χ3n) is 3.62. The van der Waals surface area contributed by atoms with Crippen LogP contribution in [0.5, 0.6) is 0 Å². The van der Waals surface area contributed by atoms with Gasteiger partial charge >= 0.3 is 5.97 Å². The highest BCUT2D eigenvalue weighted by atomic mass is 79.9. The van der Waals surface area contributed by atoms with Crippen molar-refractivity contribution in [3.8, 4) is 0 Å². The molecule has 0 aliphatic heterocycles. The smallest absolute Gasteiger partial charge is 0.307 e. The van der Waals surface area contributed by atoms with Crippen LogP contribution < -0.4 is 0 Å². The molecule has 5 heteroatoms. The van der Waals surface area contributed by atoms with Gasteiger partial charge in [0.25, 0.3) is 0 Å². The van der Waals surface area contributed by atoms with Crippen LogP contribution in [0.1, 0.15) is 23.9 Å². The van der Waals surface area contributed by atoms with Crippen molar-refractivity contribution in [1.82, 2.24) is 9.78 Å². The van der Waals surface area contributed by atoms with E-state index in [2.05, 4.69) is 21.0 Å². The number of rotatable bonds is 6. The van der Waals surface area contributed by atoms with Crippen LogP contribution in [0.25, 0.3) is 0 Å². The fourth-order valence-corrected chi connectivity index (χ4v) is 3.20. The molecule has 2 aromatic rings. The van der Waals surface area contributed by atoms with E-state index in [4.69, 9.17) is 0 Å². The summed E-state index contributed by atoms with van der Waals surface area (Å²) in [5, 5.41) is 13.9. The second kappa shape index (κ2) is 6.89. The molecule has 112 valence electrons. The lowest BCUT2D eigenvalue weighted by Gasteiger charge is -2.13. The van der Waals surface area contributed by atoms with Gasteiger partial charge in [0.15, 0.2) is 0 Å². The van der Waals surface area contributed by atoms with Crippen molar-refractivity contribution >= 4 is 21.9 Å². The number of hydrogen-bond donors (Lipinski definition) is 1. The highest BCUT2D eigenvalue weighted by molar-refractivity contribution is 9.10. The molecule has 0 fully saturated rings. The number of carboxylic acid groups (broad SMARTS) is 1. The lowest BCUT2D eigenvalue weighted by molar-refractivity contribution is -0.141. The summed E-state index contributed by atoms with van der Waals surface area (Å²) in [5.74, 6) is -1.23. The quantitative estimate of drug-likeness (QED) is 0.869. The van der Waals surface area contributed by atoms with E-state index in [-0.39, 0.29) is 0 Å². The van der Waals surface area contributed by atoms with E-state index >= 15 is 0 Å². The largest absolute Gasteiger partial charge is 0.481 e. The average molecular weight is 351 g/mol. The molecule has 1 unspecified atom stereocenters. The van der Waals surface area contributed by atoms with Crippen LogP contribution in [0, 0.1) is 5.92 Å². The first kappa shape index (κ1) is 15.8. The first-order valence-corrected chi connectivity index (χ1v) is 7.79. The van der Waals surface area contributed by atoms with Crippen LogP contribution >= 0.6 is 15.9 Å². The molecule has 0 bridgehead atoms. The van der Waals surface area contributed by atoms with E-state index in [0.29, 0.717) is 12.8 Å². The van der Waals surface area contributed by atoms with Gasteiger partial charge in [0.05, 0.1) is 21.8 Å². The van der Waals surface area contributed by atoms with Gasteiger partial charge in [0.1, 0.15) is 0 Å². The fourth-order valence-electron chi connectivity index (χ4n) is 2.42. The van der Waals surface area contributed by atoms with Crippen molar-refractivity contribution < 1.29 is 9.90 Å². The second-order valence-corrected chi connectivity index (χ2v) is 5.91. The predicted octanol–water partition coefficient (Wildman–Crippen LogP) is 3.23. The number of carboxylic acids is 1. The summed E-state index contributed by atoms with van der Waals surface area (Å²) in [6.45, 7) is 2.04. The summed E-state index contributed by atoms with van der Waals surface area (Å²) >= 11 is 3.55. The average Bonchev–Trinajstić information content (AvgIpc) is 2.74. The van der Waals surface area contributed by atoms with E-state index in [1.165, 1.54) is 0 Å². The minimum Gasteiger partial charge on any atom is -0.481 e. The molecular weight excluding hydrogens is 332 g/mol. The Morgan fingerprint density at radius 1 is 1.33 bits per heavy atom. The zero-order valence-corrected chi connectivity index (χ0v) is 13.8. The Labute approximate surface area is 132 Å². The molecule has 0 saturated carbocycles. The van der Waals surface area contributed by atoms with E-state index in [1.807, 2.05) is 44.3 Å². The zero-order chi connectivity index (χ0) is 15.4. The summed E-state index contributed by atoms with van der Waals surface area (Å²) in [6, 6.07) is 9.73. The van der Waals surface area contributed by atoms with Crippen LogP contribution in [0.4, 0.5) is 0 Å². The van der Waals surface area contributed by atoms with Crippen molar-refractivity contribution in [2.75, 3.05) is 0 Å². The van der Waals surface area contributed by atoms with Gasteiger partial charge in [-0.15, -0.1) is 0 Å². The summed E-state index contributed by atoms with van der Waals surface area (Å²) in [4.78, 5) is 11.6. The number of carbonyl (C=O) groups is 1. The number of hydrogen-bond acceptors (Lipinski definition) is 2. The lowest BCUT2D eigenvalue weighted by atomic mass is 9.94. The number of nitrogens with zero attached hydrogens (tertiary/aromatic N) is 2. The van der Waals surface area contributed by atoms with E-state index < -0.39 is 11.9 Å².